The van der Waals surface area contributed by atoms with Crippen molar-refractivity contribution < 1.29 is 14.3 Å². The average molecular weight is 538 g/mol. The Bertz CT molecular complexity index is 1050. The van der Waals surface area contributed by atoms with E-state index in [1.54, 1.807) is 12.1 Å². The van der Waals surface area contributed by atoms with Gasteiger partial charge in [-0.2, -0.15) is 0 Å². The van der Waals surface area contributed by atoms with E-state index < -0.39 is 0 Å². The van der Waals surface area contributed by atoms with E-state index in [9.17, 15) is 9.59 Å². The molecule has 2 heterocycles. The Morgan fingerprint density at radius 1 is 0.816 bits per heavy atom. The quantitative estimate of drug-likeness (QED) is 0.454. The lowest BCUT2D eigenvalue weighted by molar-refractivity contribution is 0.0832. The van der Waals surface area contributed by atoms with E-state index >= 15 is 0 Å². The van der Waals surface area contributed by atoms with Crippen LogP contribution in [0.2, 0.25) is 5.02 Å². The molecule has 0 spiro atoms. The maximum absolute atomic E-state index is 12.8. The number of ketones is 1. The average Bonchev–Trinajstić information content (AvgIpc) is 2.97. The molecule has 2 aromatic carbocycles. The summed E-state index contributed by atoms with van der Waals surface area (Å²) in [5.74, 6) is 1.15. The van der Waals surface area contributed by atoms with Gasteiger partial charge in [-0.15, -0.1) is 0 Å². The topological polar surface area (TPSA) is 61.9 Å². The Balaban J connectivity index is 0.986. The number of benzene rings is 2. The summed E-state index contributed by atoms with van der Waals surface area (Å²) in [6.07, 6.45) is 7.54. The number of halogens is 1. The highest BCUT2D eigenvalue weighted by atomic mass is 35.5. The van der Waals surface area contributed by atoms with Gasteiger partial charge < -0.3 is 19.9 Å². The molecule has 38 heavy (non-hydrogen) atoms. The van der Waals surface area contributed by atoms with Gasteiger partial charge in [0.1, 0.15) is 0 Å². The fourth-order valence-electron chi connectivity index (χ4n) is 6.14. The van der Waals surface area contributed by atoms with Gasteiger partial charge >= 0.3 is 0 Å². The Hall–Kier alpha value is -2.41. The highest BCUT2D eigenvalue weighted by Gasteiger charge is 2.27. The Labute approximate surface area is 231 Å². The lowest BCUT2D eigenvalue weighted by atomic mass is 9.83. The Morgan fingerprint density at radius 2 is 1.45 bits per heavy atom. The zero-order chi connectivity index (χ0) is 26.3. The summed E-state index contributed by atoms with van der Waals surface area (Å²) >= 11 is 5.96. The molecule has 2 aromatic rings. The Kier molecular flexibility index (Phi) is 9.36. The second-order valence-corrected chi connectivity index (χ2v) is 11.5. The third kappa shape index (κ3) is 7.16. The highest BCUT2D eigenvalue weighted by molar-refractivity contribution is 6.30. The first kappa shape index (κ1) is 27.2. The second-order valence-electron chi connectivity index (χ2n) is 11.1. The van der Waals surface area contributed by atoms with E-state index in [0.29, 0.717) is 5.02 Å². The molecule has 1 saturated carbocycles. The molecule has 1 aliphatic carbocycles. The van der Waals surface area contributed by atoms with Crippen LogP contribution in [0.3, 0.4) is 0 Å². The molecule has 2 aliphatic heterocycles. The van der Waals surface area contributed by atoms with Crippen LogP contribution in [0.5, 0.6) is 0 Å². The maximum Gasteiger partial charge on any atom is 0.251 e. The fraction of sp³-hybridized carbons (Fsp3) is 0.548. The molecule has 3 fully saturated rings. The van der Waals surface area contributed by atoms with Crippen LogP contribution >= 0.6 is 11.6 Å². The van der Waals surface area contributed by atoms with E-state index in [0.717, 1.165) is 94.4 Å². The number of amides is 1. The molecule has 6 nitrogen and oxygen atoms in total. The Morgan fingerprint density at radius 3 is 2.11 bits per heavy atom. The van der Waals surface area contributed by atoms with Crippen molar-refractivity contribution in [3.05, 3.63) is 64.7 Å². The number of carbonyl (C=O) groups is 2. The molecule has 0 aromatic heterocycles. The number of hydrogen-bond donors (Lipinski definition) is 1. The molecular weight excluding hydrogens is 498 g/mol. The van der Waals surface area contributed by atoms with Crippen LogP contribution in [0.25, 0.3) is 0 Å². The number of anilines is 1. The molecule has 7 heteroatoms. The van der Waals surface area contributed by atoms with Crippen LogP contribution in [0, 0.1) is 11.8 Å². The summed E-state index contributed by atoms with van der Waals surface area (Å²) in [4.78, 5) is 30.4. The van der Waals surface area contributed by atoms with Gasteiger partial charge in [-0.25, -0.2) is 0 Å². The molecule has 1 amide bonds. The van der Waals surface area contributed by atoms with Crippen LogP contribution in [-0.2, 0) is 4.74 Å². The van der Waals surface area contributed by atoms with Crippen LogP contribution in [0.4, 0.5) is 5.69 Å². The predicted molar refractivity (Wildman–Crippen MR) is 152 cm³/mol. The van der Waals surface area contributed by atoms with Gasteiger partial charge in [-0.1, -0.05) is 11.6 Å². The van der Waals surface area contributed by atoms with Crippen molar-refractivity contribution in [2.75, 3.05) is 50.8 Å². The van der Waals surface area contributed by atoms with E-state index in [1.165, 1.54) is 19.3 Å². The van der Waals surface area contributed by atoms with Crippen molar-refractivity contribution >= 4 is 29.0 Å². The molecular formula is C31H40ClN3O3. The van der Waals surface area contributed by atoms with E-state index in [2.05, 4.69) is 15.1 Å². The van der Waals surface area contributed by atoms with Crippen molar-refractivity contribution in [3.63, 3.8) is 0 Å². The number of nitrogens with one attached hydrogen (secondary N) is 1. The SMILES string of the molecule is O=C(NC1CCC(CCN2CCC(C(=O)c3ccc(Cl)cc3)CC2)CC1)c1ccc(N2CCOCC2)cc1. The number of likely N-dealkylation sites (tertiary alicyclic amines) is 1. The second kappa shape index (κ2) is 13.1. The zero-order valence-corrected chi connectivity index (χ0v) is 23.0. The smallest absolute Gasteiger partial charge is 0.251 e. The minimum atomic E-state index is 0.0398. The summed E-state index contributed by atoms with van der Waals surface area (Å²) in [6.45, 7) is 6.43. The van der Waals surface area contributed by atoms with E-state index in [4.69, 9.17) is 16.3 Å². The number of Topliss-reactive ketones (excluding diaryl/α,β-unsaturated/α-hetero) is 1. The number of carbonyl (C=O) groups excluding carboxylic acids is 2. The van der Waals surface area contributed by atoms with E-state index in [-0.39, 0.29) is 23.7 Å². The van der Waals surface area contributed by atoms with Gasteiger partial charge in [0.25, 0.3) is 5.91 Å². The van der Waals surface area contributed by atoms with Crippen molar-refractivity contribution in [2.24, 2.45) is 11.8 Å². The van der Waals surface area contributed by atoms with Gasteiger partial charge in [0, 0.05) is 46.9 Å². The monoisotopic (exact) mass is 537 g/mol. The highest BCUT2D eigenvalue weighted by Crippen LogP contribution is 2.29. The molecule has 0 radical (unpaired) electrons. The fourth-order valence-corrected chi connectivity index (χ4v) is 6.27. The lowest BCUT2D eigenvalue weighted by Gasteiger charge is -2.34. The zero-order valence-electron chi connectivity index (χ0n) is 22.2. The lowest BCUT2D eigenvalue weighted by Crippen LogP contribution is -2.39. The van der Waals surface area contributed by atoms with Crippen LogP contribution < -0.4 is 10.2 Å². The molecule has 2 saturated heterocycles. The molecule has 0 unspecified atom stereocenters. The van der Waals surface area contributed by atoms with Crippen LogP contribution in [0.1, 0.15) is 65.7 Å². The summed E-state index contributed by atoms with van der Waals surface area (Å²) in [7, 11) is 0. The third-order valence-corrected chi connectivity index (χ3v) is 8.88. The number of ether oxygens (including phenoxy) is 1. The number of nitrogens with zero attached hydrogens (tertiary/aromatic N) is 2. The van der Waals surface area contributed by atoms with Gasteiger partial charge in [0.15, 0.2) is 5.78 Å². The maximum atomic E-state index is 12.8. The number of rotatable bonds is 8. The van der Waals surface area contributed by atoms with E-state index in [1.807, 2.05) is 36.4 Å². The molecule has 5 rings (SSSR count). The summed E-state index contributed by atoms with van der Waals surface area (Å²) < 4.78 is 5.43. The van der Waals surface area contributed by atoms with Gasteiger partial charge in [0.05, 0.1) is 13.2 Å². The van der Waals surface area contributed by atoms with Crippen molar-refractivity contribution in [1.29, 1.82) is 0 Å². The molecule has 0 bridgehead atoms. The summed E-state index contributed by atoms with van der Waals surface area (Å²) in [5, 5.41) is 3.94. The van der Waals surface area contributed by atoms with Crippen LogP contribution in [-0.4, -0.2) is 68.6 Å². The third-order valence-electron chi connectivity index (χ3n) is 8.63. The number of hydrogen-bond acceptors (Lipinski definition) is 5. The molecule has 1 N–H and O–H groups in total. The van der Waals surface area contributed by atoms with Gasteiger partial charge in [-0.05, 0) is 119 Å². The largest absolute Gasteiger partial charge is 0.378 e. The summed E-state index contributed by atoms with van der Waals surface area (Å²) in [6, 6.07) is 15.5. The number of piperidine rings is 1. The van der Waals surface area contributed by atoms with Crippen molar-refractivity contribution in [2.45, 2.75) is 51.0 Å². The molecule has 3 aliphatic rings. The van der Waals surface area contributed by atoms with Gasteiger partial charge in [-0.3, -0.25) is 9.59 Å². The first-order valence-electron chi connectivity index (χ1n) is 14.3. The molecule has 204 valence electrons. The minimum absolute atomic E-state index is 0.0398. The van der Waals surface area contributed by atoms with Crippen molar-refractivity contribution in [1.82, 2.24) is 10.2 Å². The van der Waals surface area contributed by atoms with Crippen molar-refractivity contribution in [3.8, 4) is 0 Å². The summed E-state index contributed by atoms with van der Waals surface area (Å²) in [5.41, 5.74) is 2.67. The first-order valence-corrected chi connectivity index (χ1v) is 14.7. The number of morpholine rings is 1. The van der Waals surface area contributed by atoms with Gasteiger partial charge in [0.2, 0.25) is 0 Å². The molecule has 0 atom stereocenters. The standard InChI is InChI=1S/C31H40ClN3O3/c32-27-7-3-24(4-8-27)30(36)25-14-17-34(18-15-25)16-13-23-1-9-28(10-2-23)33-31(37)26-5-11-29(12-6-26)35-19-21-38-22-20-35/h3-8,11-12,23,25,28H,1-2,9-10,13-22H2,(H,33,37). The predicted octanol–water partition coefficient (Wildman–Crippen LogP) is 5.45. The normalized spacial score (nSPS) is 23.2. The minimum Gasteiger partial charge on any atom is -0.378 e. The van der Waals surface area contributed by atoms with Crippen LogP contribution in [0.15, 0.2) is 48.5 Å². The first-order chi connectivity index (χ1) is 18.5.